The number of hydrogen-bond donors (Lipinski definition) is 2. The number of hydrogen-bond acceptors (Lipinski definition) is 4. The number of fused-ring (bicyclic) bond motifs is 3. The molecule has 4 saturated heterocycles. The van der Waals surface area contributed by atoms with Crippen molar-refractivity contribution in [3.8, 4) is 0 Å². The van der Waals surface area contributed by atoms with Crippen molar-refractivity contribution in [1.82, 2.24) is 25.3 Å². The predicted molar refractivity (Wildman–Crippen MR) is 128 cm³/mol. The van der Waals surface area contributed by atoms with Crippen LogP contribution in [0.25, 0.3) is 0 Å². The maximum Gasteiger partial charge on any atom is 0.225 e. The Bertz CT molecular complexity index is 559. The molecule has 0 aromatic carbocycles. The van der Waals surface area contributed by atoms with Crippen LogP contribution in [0, 0.1) is 5.92 Å². The van der Waals surface area contributed by atoms with Crippen LogP contribution in [-0.2, 0) is 4.79 Å². The van der Waals surface area contributed by atoms with E-state index in [0.717, 1.165) is 57.9 Å². The molecule has 4 heterocycles. The fraction of sp³-hybridized carbons (Fsp3) is 0.905. The standard InChI is InChI=1S/C21H38N6O.HI/c1-2-22-21(23-14-19-16-25-10-12-26(19)13-11-25)24-18-8-9-27(15-18)20(28)17-6-4-3-5-7-17;/h17-19H,2-16H2,1H3,(H2,22,23,24);1H. The maximum absolute atomic E-state index is 12.8. The highest BCUT2D eigenvalue weighted by Gasteiger charge is 2.33. The van der Waals surface area contributed by atoms with E-state index in [1.807, 2.05) is 0 Å². The molecule has 7 nitrogen and oxygen atoms in total. The van der Waals surface area contributed by atoms with Crippen molar-refractivity contribution in [2.75, 3.05) is 58.9 Å². The van der Waals surface area contributed by atoms with Crippen LogP contribution < -0.4 is 10.6 Å². The summed E-state index contributed by atoms with van der Waals surface area (Å²) in [5, 5.41) is 7.01. The first-order valence-corrected chi connectivity index (χ1v) is 11.5. The van der Waals surface area contributed by atoms with Crippen LogP contribution in [0.5, 0.6) is 0 Å². The zero-order valence-electron chi connectivity index (χ0n) is 17.9. The average molecular weight is 518 g/mol. The number of nitrogens with one attached hydrogen (secondary N) is 2. The van der Waals surface area contributed by atoms with Gasteiger partial charge in [-0.25, -0.2) is 0 Å². The first-order valence-electron chi connectivity index (χ1n) is 11.5. The van der Waals surface area contributed by atoms with Crippen molar-refractivity contribution >= 4 is 35.8 Å². The normalized spacial score (nSPS) is 32.7. The van der Waals surface area contributed by atoms with Gasteiger partial charge in [-0.05, 0) is 26.2 Å². The molecule has 0 aromatic heterocycles. The zero-order valence-corrected chi connectivity index (χ0v) is 20.3. The minimum atomic E-state index is 0. The lowest BCUT2D eigenvalue weighted by atomic mass is 9.88. The van der Waals surface area contributed by atoms with E-state index in [9.17, 15) is 4.79 Å². The van der Waals surface area contributed by atoms with Gasteiger partial charge in [0.05, 0.1) is 6.54 Å². The number of carbonyl (C=O) groups is 1. The second-order valence-corrected chi connectivity index (χ2v) is 8.96. The number of halogens is 1. The van der Waals surface area contributed by atoms with Gasteiger partial charge in [-0.2, -0.15) is 0 Å². The lowest BCUT2D eigenvalue weighted by Gasteiger charge is -2.47. The summed E-state index contributed by atoms with van der Waals surface area (Å²) in [6.45, 7) is 11.5. The molecule has 0 aromatic rings. The molecule has 2 bridgehead atoms. The average Bonchev–Trinajstić information content (AvgIpc) is 3.21. The molecule has 1 amide bonds. The summed E-state index contributed by atoms with van der Waals surface area (Å²) in [7, 11) is 0. The quantitative estimate of drug-likeness (QED) is 0.327. The molecule has 1 saturated carbocycles. The van der Waals surface area contributed by atoms with E-state index in [4.69, 9.17) is 4.99 Å². The first kappa shape index (κ1) is 23.1. The lowest BCUT2D eigenvalue weighted by molar-refractivity contribution is -0.135. The smallest absolute Gasteiger partial charge is 0.225 e. The number of rotatable bonds is 5. The molecule has 5 fully saturated rings. The predicted octanol–water partition coefficient (Wildman–Crippen LogP) is 1.34. The van der Waals surface area contributed by atoms with Crippen LogP contribution >= 0.6 is 24.0 Å². The Morgan fingerprint density at radius 3 is 2.41 bits per heavy atom. The number of piperazine rings is 3. The monoisotopic (exact) mass is 518 g/mol. The highest BCUT2D eigenvalue weighted by Crippen LogP contribution is 2.26. The van der Waals surface area contributed by atoms with Gasteiger partial charge in [-0.1, -0.05) is 19.3 Å². The summed E-state index contributed by atoms with van der Waals surface area (Å²) in [6.07, 6.45) is 6.94. The van der Waals surface area contributed by atoms with Gasteiger partial charge in [0.15, 0.2) is 5.96 Å². The van der Waals surface area contributed by atoms with Gasteiger partial charge < -0.3 is 15.5 Å². The van der Waals surface area contributed by atoms with Crippen molar-refractivity contribution in [3.63, 3.8) is 0 Å². The second kappa shape index (κ2) is 11.1. The Kier molecular flexibility index (Phi) is 8.85. The summed E-state index contributed by atoms with van der Waals surface area (Å²) in [5.74, 6) is 1.59. The zero-order chi connectivity index (χ0) is 19.3. The van der Waals surface area contributed by atoms with Crippen molar-refractivity contribution < 1.29 is 4.79 Å². The molecule has 5 aliphatic rings. The Morgan fingerprint density at radius 1 is 1.00 bits per heavy atom. The molecule has 1 aliphatic carbocycles. The fourth-order valence-corrected chi connectivity index (χ4v) is 5.29. The SMILES string of the molecule is CCNC(=NCC1CN2CCN1CC2)NC1CCN(C(=O)C2CCCCC2)C1.I. The molecule has 5 rings (SSSR count). The fourth-order valence-electron chi connectivity index (χ4n) is 5.29. The first-order chi connectivity index (χ1) is 13.7. The van der Waals surface area contributed by atoms with Gasteiger partial charge in [0, 0.05) is 70.4 Å². The van der Waals surface area contributed by atoms with Gasteiger partial charge in [-0.15, -0.1) is 24.0 Å². The van der Waals surface area contributed by atoms with E-state index < -0.39 is 0 Å². The third-order valence-corrected chi connectivity index (χ3v) is 6.99. The minimum Gasteiger partial charge on any atom is -0.357 e. The third kappa shape index (κ3) is 5.97. The van der Waals surface area contributed by atoms with Gasteiger partial charge >= 0.3 is 0 Å². The van der Waals surface area contributed by atoms with Crippen LogP contribution in [0.4, 0.5) is 0 Å². The van der Waals surface area contributed by atoms with E-state index in [1.54, 1.807) is 0 Å². The number of nitrogens with zero attached hydrogens (tertiary/aromatic N) is 4. The van der Waals surface area contributed by atoms with Crippen molar-refractivity contribution in [3.05, 3.63) is 0 Å². The highest BCUT2D eigenvalue weighted by atomic mass is 127. The van der Waals surface area contributed by atoms with Gasteiger partial charge in [0.2, 0.25) is 5.91 Å². The largest absolute Gasteiger partial charge is 0.357 e. The van der Waals surface area contributed by atoms with Gasteiger partial charge in [0.25, 0.3) is 0 Å². The Labute approximate surface area is 193 Å². The molecule has 0 spiro atoms. The minimum absolute atomic E-state index is 0. The second-order valence-electron chi connectivity index (χ2n) is 8.96. The number of aliphatic imine (C=N–C) groups is 1. The highest BCUT2D eigenvalue weighted by molar-refractivity contribution is 14.0. The van der Waals surface area contributed by atoms with Crippen LogP contribution in [0.15, 0.2) is 4.99 Å². The molecular formula is C21H39IN6O. The van der Waals surface area contributed by atoms with Crippen molar-refractivity contribution in [2.45, 2.75) is 57.5 Å². The Hall–Kier alpha value is -0.610. The molecule has 2 N–H and O–H groups in total. The molecule has 166 valence electrons. The van der Waals surface area contributed by atoms with Crippen molar-refractivity contribution in [1.29, 1.82) is 0 Å². The Morgan fingerprint density at radius 2 is 1.76 bits per heavy atom. The molecule has 8 heteroatoms. The van der Waals surface area contributed by atoms with Crippen LogP contribution in [0.1, 0.15) is 45.4 Å². The maximum atomic E-state index is 12.8. The van der Waals surface area contributed by atoms with Crippen LogP contribution in [0.3, 0.4) is 0 Å². The molecule has 0 radical (unpaired) electrons. The summed E-state index contributed by atoms with van der Waals surface area (Å²) in [6, 6.07) is 0.864. The number of guanidine groups is 1. The number of carbonyl (C=O) groups excluding carboxylic acids is 1. The van der Waals surface area contributed by atoms with E-state index in [-0.39, 0.29) is 29.9 Å². The van der Waals surface area contributed by atoms with Crippen LogP contribution in [-0.4, -0.2) is 97.6 Å². The van der Waals surface area contributed by atoms with Crippen LogP contribution in [0.2, 0.25) is 0 Å². The van der Waals surface area contributed by atoms with E-state index in [1.165, 1.54) is 45.4 Å². The Balaban J connectivity index is 0.00000240. The summed E-state index contributed by atoms with van der Waals surface area (Å²) in [5.41, 5.74) is 0. The molecule has 2 atom stereocenters. The third-order valence-electron chi connectivity index (χ3n) is 6.99. The summed E-state index contributed by atoms with van der Waals surface area (Å²) >= 11 is 0. The van der Waals surface area contributed by atoms with E-state index in [0.29, 0.717) is 18.0 Å². The number of amides is 1. The van der Waals surface area contributed by atoms with E-state index >= 15 is 0 Å². The topological polar surface area (TPSA) is 63.2 Å². The molecule has 29 heavy (non-hydrogen) atoms. The summed E-state index contributed by atoms with van der Waals surface area (Å²) in [4.78, 5) is 25.0. The van der Waals surface area contributed by atoms with E-state index in [2.05, 4.69) is 32.3 Å². The lowest BCUT2D eigenvalue weighted by Crippen LogP contribution is -2.62. The van der Waals surface area contributed by atoms with Crippen molar-refractivity contribution in [2.24, 2.45) is 10.9 Å². The van der Waals surface area contributed by atoms with Gasteiger partial charge in [0.1, 0.15) is 0 Å². The van der Waals surface area contributed by atoms with Gasteiger partial charge in [-0.3, -0.25) is 19.6 Å². The molecular weight excluding hydrogens is 479 g/mol. The number of likely N-dealkylation sites (tertiary alicyclic amines) is 1. The molecule has 4 aliphatic heterocycles. The molecule has 2 unspecified atom stereocenters. The summed E-state index contributed by atoms with van der Waals surface area (Å²) < 4.78 is 0.